The van der Waals surface area contributed by atoms with E-state index in [1.54, 1.807) is 0 Å². The number of carbonyl (C=O) groups excluding carboxylic acids is 2. The summed E-state index contributed by atoms with van der Waals surface area (Å²) >= 11 is 2.81. The smallest absolute Gasteiger partial charge is 0.344 e. The van der Waals surface area contributed by atoms with E-state index in [0.717, 1.165) is 13.2 Å². The number of methoxy groups -OCH3 is 1. The molecule has 1 aromatic carbocycles. The largest absolute Gasteiger partial charge is 0.505 e. The van der Waals surface area contributed by atoms with Gasteiger partial charge in [0.1, 0.15) is 11.3 Å². The van der Waals surface area contributed by atoms with Crippen LogP contribution in [0.25, 0.3) is 0 Å². The zero-order valence-corrected chi connectivity index (χ0v) is 9.54. The molecule has 0 aliphatic heterocycles. The van der Waals surface area contributed by atoms with E-state index in [1.165, 1.54) is 6.08 Å². The van der Waals surface area contributed by atoms with Crippen molar-refractivity contribution in [1.82, 2.24) is 0 Å². The summed E-state index contributed by atoms with van der Waals surface area (Å²) in [5, 5.41) is 9.49. The summed E-state index contributed by atoms with van der Waals surface area (Å²) in [5.74, 6) is -2.83. The number of carbonyl (C=O) groups is 1. The second kappa shape index (κ2) is 4.87. The Morgan fingerprint density at radius 1 is 1.69 bits per heavy atom. The average Bonchev–Trinajstić information content (AvgIpc) is 2.26. The zero-order chi connectivity index (χ0) is 12.3. The van der Waals surface area contributed by atoms with Crippen LogP contribution in [-0.2, 0) is 9.53 Å². The summed E-state index contributed by atoms with van der Waals surface area (Å²) in [7, 11) is 1.03. The first kappa shape index (κ1) is 12.4. The second-order valence-corrected chi connectivity index (χ2v) is 3.46. The molecule has 0 atom stereocenters. The van der Waals surface area contributed by atoms with Crippen molar-refractivity contribution in [1.29, 1.82) is 0 Å². The predicted molar refractivity (Wildman–Crippen MR) is 54.9 cm³/mol. The van der Waals surface area contributed by atoms with E-state index in [1.807, 2.05) is 0 Å². The Kier molecular flexibility index (Phi) is 3.76. The highest BCUT2D eigenvalue weighted by Crippen LogP contribution is 2.36. The molecule has 0 heterocycles. The van der Waals surface area contributed by atoms with Crippen molar-refractivity contribution < 1.29 is 23.8 Å². The molecule has 1 aromatic rings. The van der Waals surface area contributed by atoms with Gasteiger partial charge in [-0.2, -0.15) is 4.99 Å². The standard InChI is InChI=1S/C9H5BrFNO4/c1-16-9(15)6-7(11)4(10)2-5(8(6)14)12-3-13/h2,14H,1H3. The lowest BCUT2D eigenvalue weighted by molar-refractivity contribution is 0.0592. The molecule has 0 unspecified atom stereocenters. The van der Waals surface area contributed by atoms with Crippen molar-refractivity contribution in [3.8, 4) is 5.75 Å². The van der Waals surface area contributed by atoms with E-state index in [2.05, 4.69) is 25.7 Å². The number of isocyanates is 1. The fourth-order valence-electron chi connectivity index (χ4n) is 1.03. The van der Waals surface area contributed by atoms with Gasteiger partial charge in [-0.05, 0) is 22.0 Å². The number of halogens is 2. The van der Waals surface area contributed by atoms with Crippen LogP contribution in [0.4, 0.5) is 10.1 Å². The molecule has 16 heavy (non-hydrogen) atoms. The van der Waals surface area contributed by atoms with Crippen LogP contribution in [-0.4, -0.2) is 24.3 Å². The van der Waals surface area contributed by atoms with Gasteiger partial charge in [-0.3, -0.25) is 0 Å². The third-order valence-corrected chi connectivity index (χ3v) is 2.30. The van der Waals surface area contributed by atoms with Gasteiger partial charge in [0.2, 0.25) is 6.08 Å². The van der Waals surface area contributed by atoms with Crippen molar-refractivity contribution in [3.63, 3.8) is 0 Å². The summed E-state index contributed by atoms with van der Waals surface area (Å²) in [6.45, 7) is 0. The zero-order valence-electron chi connectivity index (χ0n) is 7.95. The van der Waals surface area contributed by atoms with Gasteiger partial charge in [-0.15, -0.1) is 0 Å². The van der Waals surface area contributed by atoms with Crippen LogP contribution in [0.1, 0.15) is 10.4 Å². The summed E-state index contributed by atoms with van der Waals surface area (Å²) in [4.78, 5) is 24.4. The molecule has 7 heteroatoms. The Hall–Kier alpha value is -1.72. The SMILES string of the molecule is COC(=O)c1c(O)c(N=C=O)cc(Br)c1F. The molecule has 0 radical (unpaired) electrons. The van der Waals surface area contributed by atoms with E-state index >= 15 is 0 Å². The molecule has 0 aromatic heterocycles. The number of rotatable bonds is 2. The van der Waals surface area contributed by atoms with Crippen LogP contribution in [0.15, 0.2) is 15.5 Å². The first-order valence-corrected chi connectivity index (χ1v) is 4.69. The van der Waals surface area contributed by atoms with Gasteiger partial charge in [0.15, 0.2) is 11.6 Å². The number of aromatic hydroxyl groups is 1. The van der Waals surface area contributed by atoms with Crippen molar-refractivity contribution in [2.45, 2.75) is 0 Å². The van der Waals surface area contributed by atoms with Crippen molar-refractivity contribution in [3.05, 3.63) is 21.9 Å². The minimum Gasteiger partial charge on any atom is -0.505 e. The van der Waals surface area contributed by atoms with Crippen LogP contribution in [0.3, 0.4) is 0 Å². The lowest BCUT2D eigenvalue weighted by Gasteiger charge is -2.07. The maximum Gasteiger partial charge on any atom is 0.344 e. The molecule has 0 fully saturated rings. The maximum atomic E-state index is 13.5. The normalized spacial score (nSPS) is 9.44. The fourth-order valence-corrected chi connectivity index (χ4v) is 1.44. The van der Waals surface area contributed by atoms with Crippen LogP contribution >= 0.6 is 15.9 Å². The number of ether oxygens (including phenoxy) is 1. The van der Waals surface area contributed by atoms with E-state index in [4.69, 9.17) is 0 Å². The number of esters is 1. The Labute approximate surface area is 97.7 Å². The Morgan fingerprint density at radius 2 is 2.31 bits per heavy atom. The van der Waals surface area contributed by atoms with Gasteiger partial charge < -0.3 is 9.84 Å². The van der Waals surface area contributed by atoms with E-state index in [9.17, 15) is 19.1 Å². The summed E-state index contributed by atoms with van der Waals surface area (Å²) in [6.07, 6.45) is 1.18. The lowest BCUT2D eigenvalue weighted by Crippen LogP contribution is -2.05. The van der Waals surface area contributed by atoms with E-state index in [0.29, 0.717) is 0 Å². The second-order valence-electron chi connectivity index (χ2n) is 2.61. The molecule has 0 aliphatic carbocycles. The summed E-state index contributed by atoms with van der Waals surface area (Å²) in [5.41, 5.74) is -0.963. The molecule has 0 saturated carbocycles. The number of phenolic OH excluding ortho intramolecular Hbond substituents is 1. The lowest BCUT2D eigenvalue weighted by atomic mass is 10.1. The first-order chi connectivity index (χ1) is 7.52. The molecule has 0 saturated heterocycles. The van der Waals surface area contributed by atoms with E-state index < -0.39 is 23.1 Å². The summed E-state index contributed by atoms with van der Waals surface area (Å²) in [6, 6.07) is 1.04. The Morgan fingerprint density at radius 3 is 2.81 bits per heavy atom. The van der Waals surface area contributed by atoms with Gasteiger partial charge in [-0.1, -0.05) is 0 Å². The van der Waals surface area contributed by atoms with Gasteiger partial charge in [0, 0.05) is 0 Å². The van der Waals surface area contributed by atoms with Crippen LogP contribution in [0.5, 0.6) is 5.75 Å². The molecular weight excluding hydrogens is 285 g/mol. The maximum absolute atomic E-state index is 13.5. The fraction of sp³-hybridized carbons (Fsp3) is 0.111. The topological polar surface area (TPSA) is 76.0 Å². The van der Waals surface area contributed by atoms with Crippen LogP contribution in [0.2, 0.25) is 0 Å². The highest BCUT2D eigenvalue weighted by Gasteiger charge is 2.23. The number of benzene rings is 1. The molecule has 1 N–H and O–H groups in total. The molecule has 0 aliphatic rings. The van der Waals surface area contributed by atoms with Gasteiger partial charge >= 0.3 is 5.97 Å². The third kappa shape index (κ3) is 2.10. The average molecular weight is 290 g/mol. The van der Waals surface area contributed by atoms with Crippen molar-refractivity contribution in [2.24, 2.45) is 4.99 Å². The molecule has 0 spiro atoms. The predicted octanol–water partition coefficient (Wildman–Crippen LogP) is 2.05. The molecule has 5 nitrogen and oxygen atoms in total. The number of hydrogen-bond donors (Lipinski definition) is 1. The third-order valence-electron chi connectivity index (χ3n) is 1.73. The summed E-state index contributed by atoms with van der Waals surface area (Å²) < 4.78 is 17.6. The molecule has 0 bridgehead atoms. The van der Waals surface area contributed by atoms with Crippen molar-refractivity contribution >= 4 is 33.7 Å². The molecule has 1 rings (SSSR count). The Balaban J connectivity index is 3.57. The quantitative estimate of drug-likeness (QED) is 0.514. The van der Waals surface area contributed by atoms with Crippen LogP contribution in [0, 0.1) is 5.82 Å². The first-order valence-electron chi connectivity index (χ1n) is 3.90. The minimum absolute atomic E-state index is 0.125. The number of phenols is 1. The molecular formula is C9H5BrFNO4. The van der Waals surface area contributed by atoms with Gasteiger partial charge in [-0.25, -0.2) is 14.0 Å². The molecule has 84 valence electrons. The highest BCUT2D eigenvalue weighted by molar-refractivity contribution is 9.10. The minimum atomic E-state index is -1.07. The number of nitrogens with zero attached hydrogens (tertiary/aromatic N) is 1. The highest BCUT2D eigenvalue weighted by atomic mass is 79.9. The number of aliphatic imine (C=N–C) groups is 1. The van der Waals surface area contributed by atoms with Crippen LogP contribution < -0.4 is 0 Å². The van der Waals surface area contributed by atoms with E-state index in [-0.39, 0.29) is 10.2 Å². The number of hydrogen-bond acceptors (Lipinski definition) is 5. The van der Waals surface area contributed by atoms with Crippen molar-refractivity contribution in [2.75, 3.05) is 7.11 Å². The monoisotopic (exact) mass is 289 g/mol. The van der Waals surface area contributed by atoms with Gasteiger partial charge in [0.25, 0.3) is 0 Å². The molecule has 0 amide bonds. The van der Waals surface area contributed by atoms with Gasteiger partial charge in [0.05, 0.1) is 11.6 Å². The Bertz CT molecular complexity index is 497.